The van der Waals surface area contributed by atoms with Gasteiger partial charge in [0.2, 0.25) is 0 Å². The summed E-state index contributed by atoms with van der Waals surface area (Å²) >= 11 is 3.30. The summed E-state index contributed by atoms with van der Waals surface area (Å²) < 4.78 is 6.00. The van der Waals surface area contributed by atoms with Gasteiger partial charge in [0.15, 0.2) is 0 Å². The van der Waals surface area contributed by atoms with Gasteiger partial charge in [-0.05, 0) is 33.1 Å². The minimum absolute atomic E-state index is 0.127. The molecule has 1 amide bonds. The van der Waals surface area contributed by atoms with Crippen LogP contribution in [-0.2, 0) is 17.9 Å². The molecule has 0 unspecified atom stereocenters. The largest absolute Gasteiger partial charge is 0.380 e. The van der Waals surface area contributed by atoms with Gasteiger partial charge in [-0.2, -0.15) is 0 Å². The molecule has 1 aromatic carbocycles. The van der Waals surface area contributed by atoms with Gasteiger partial charge >= 0.3 is 0 Å². The predicted octanol–water partition coefficient (Wildman–Crippen LogP) is 2.85. The van der Waals surface area contributed by atoms with Crippen molar-refractivity contribution in [3.8, 4) is 0 Å². The van der Waals surface area contributed by atoms with Crippen molar-refractivity contribution in [1.82, 2.24) is 10.3 Å². The molecular weight excluding hydrogens is 308 g/mol. The van der Waals surface area contributed by atoms with Crippen LogP contribution in [0.25, 0.3) is 0 Å². The predicted molar refractivity (Wildman–Crippen MR) is 76.8 cm³/mol. The number of benzene rings is 1. The van der Waals surface area contributed by atoms with Crippen LogP contribution in [0.4, 0.5) is 0 Å². The maximum Gasteiger partial charge on any atom is 0.267 e. The molecule has 1 heterocycles. The molecular formula is C14H15BrN2O2. The van der Waals surface area contributed by atoms with Crippen LogP contribution in [0.2, 0.25) is 0 Å². The summed E-state index contributed by atoms with van der Waals surface area (Å²) in [5, 5.41) is 2.88. The number of ether oxygens (including phenoxy) is 1. The number of methoxy groups -OCH3 is 1. The van der Waals surface area contributed by atoms with Crippen molar-refractivity contribution in [3.05, 3.63) is 57.8 Å². The standard InChI is InChI=1S/C14H15BrN2O2/c1-19-9-11-5-3-2-4-10(11)7-17-14(18)13-6-12(15)8-16-13/h2-6,8,16H,7,9H2,1H3,(H,17,18). The summed E-state index contributed by atoms with van der Waals surface area (Å²) in [7, 11) is 1.66. The second-order valence-corrected chi connectivity index (χ2v) is 5.03. The number of hydrogen-bond donors (Lipinski definition) is 2. The van der Waals surface area contributed by atoms with E-state index in [-0.39, 0.29) is 5.91 Å². The van der Waals surface area contributed by atoms with Gasteiger partial charge in [0.05, 0.1) is 6.61 Å². The summed E-state index contributed by atoms with van der Waals surface area (Å²) in [6.45, 7) is 1.02. The average Bonchev–Trinajstić information content (AvgIpc) is 2.84. The van der Waals surface area contributed by atoms with Gasteiger partial charge in [-0.25, -0.2) is 0 Å². The number of aromatic nitrogens is 1. The number of H-pyrrole nitrogens is 1. The lowest BCUT2D eigenvalue weighted by molar-refractivity contribution is 0.0946. The Morgan fingerprint density at radius 3 is 2.74 bits per heavy atom. The lowest BCUT2D eigenvalue weighted by Crippen LogP contribution is -2.23. The molecule has 1 aromatic heterocycles. The molecule has 0 saturated heterocycles. The van der Waals surface area contributed by atoms with E-state index in [1.54, 1.807) is 19.4 Å². The Labute approximate surface area is 120 Å². The van der Waals surface area contributed by atoms with E-state index in [0.717, 1.165) is 15.6 Å². The van der Waals surface area contributed by atoms with E-state index >= 15 is 0 Å². The Morgan fingerprint density at radius 1 is 1.37 bits per heavy atom. The van der Waals surface area contributed by atoms with Crippen LogP contribution in [0, 0.1) is 0 Å². The van der Waals surface area contributed by atoms with Gasteiger partial charge in [-0.15, -0.1) is 0 Å². The highest BCUT2D eigenvalue weighted by Gasteiger charge is 2.08. The van der Waals surface area contributed by atoms with Crippen molar-refractivity contribution in [2.45, 2.75) is 13.2 Å². The van der Waals surface area contributed by atoms with Crippen LogP contribution in [0.5, 0.6) is 0 Å². The molecule has 0 atom stereocenters. The second kappa shape index (κ2) is 6.54. The maximum absolute atomic E-state index is 11.9. The molecule has 4 nitrogen and oxygen atoms in total. The first-order chi connectivity index (χ1) is 9.20. The summed E-state index contributed by atoms with van der Waals surface area (Å²) in [6.07, 6.45) is 1.73. The van der Waals surface area contributed by atoms with E-state index in [9.17, 15) is 4.79 Å². The fourth-order valence-corrected chi connectivity index (χ4v) is 2.14. The SMILES string of the molecule is COCc1ccccc1CNC(=O)c1cc(Br)c[nH]1. The lowest BCUT2D eigenvalue weighted by Gasteiger charge is -2.09. The molecule has 0 radical (unpaired) electrons. The molecule has 5 heteroatoms. The minimum atomic E-state index is -0.127. The van der Waals surface area contributed by atoms with Gasteiger partial charge < -0.3 is 15.0 Å². The molecule has 2 N–H and O–H groups in total. The molecule has 19 heavy (non-hydrogen) atoms. The molecule has 0 spiro atoms. The van der Waals surface area contributed by atoms with E-state index in [0.29, 0.717) is 18.8 Å². The molecule has 0 saturated carbocycles. The number of halogens is 1. The maximum atomic E-state index is 11.9. The topological polar surface area (TPSA) is 54.1 Å². The third-order valence-corrected chi connectivity index (χ3v) is 3.21. The van der Waals surface area contributed by atoms with Crippen LogP contribution < -0.4 is 5.32 Å². The molecule has 2 rings (SSSR count). The van der Waals surface area contributed by atoms with E-state index in [4.69, 9.17) is 4.74 Å². The van der Waals surface area contributed by atoms with Gasteiger partial charge in [0.1, 0.15) is 5.69 Å². The van der Waals surface area contributed by atoms with Gasteiger partial charge in [-0.3, -0.25) is 4.79 Å². The first-order valence-corrected chi connectivity index (χ1v) is 6.68. The zero-order chi connectivity index (χ0) is 13.7. The summed E-state index contributed by atoms with van der Waals surface area (Å²) in [6, 6.07) is 9.64. The van der Waals surface area contributed by atoms with E-state index in [1.165, 1.54) is 0 Å². The fraction of sp³-hybridized carbons (Fsp3) is 0.214. The van der Waals surface area contributed by atoms with Crippen LogP contribution in [0.1, 0.15) is 21.6 Å². The number of hydrogen-bond acceptors (Lipinski definition) is 2. The van der Waals surface area contributed by atoms with E-state index < -0.39 is 0 Å². The number of nitrogens with one attached hydrogen (secondary N) is 2. The molecule has 0 bridgehead atoms. The van der Waals surface area contributed by atoms with Gasteiger partial charge in [-0.1, -0.05) is 24.3 Å². The first kappa shape index (κ1) is 13.8. The van der Waals surface area contributed by atoms with Gasteiger partial charge in [0.25, 0.3) is 5.91 Å². The number of carbonyl (C=O) groups excluding carboxylic acids is 1. The van der Waals surface area contributed by atoms with Crippen molar-refractivity contribution < 1.29 is 9.53 Å². The Balaban J connectivity index is 2.00. The molecule has 100 valence electrons. The monoisotopic (exact) mass is 322 g/mol. The van der Waals surface area contributed by atoms with Gasteiger partial charge in [0, 0.05) is 24.3 Å². The van der Waals surface area contributed by atoms with Crippen molar-refractivity contribution in [2.24, 2.45) is 0 Å². The summed E-state index contributed by atoms with van der Waals surface area (Å²) in [5.41, 5.74) is 2.68. The van der Waals surface area contributed by atoms with E-state index in [2.05, 4.69) is 26.2 Å². The Kier molecular flexibility index (Phi) is 4.76. The highest BCUT2D eigenvalue weighted by atomic mass is 79.9. The van der Waals surface area contributed by atoms with Crippen molar-refractivity contribution in [1.29, 1.82) is 0 Å². The number of amides is 1. The smallest absolute Gasteiger partial charge is 0.267 e. The highest BCUT2D eigenvalue weighted by molar-refractivity contribution is 9.10. The first-order valence-electron chi connectivity index (χ1n) is 5.88. The normalized spacial score (nSPS) is 10.4. The molecule has 0 fully saturated rings. The Morgan fingerprint density at radius 2 is 2.11 bits per heavy atom. The number of rotatable bonds is 5. The fourth-order valence-electron chi connectivity index (χ4n) is 1.80. The van der Waals surface area contributed by atoms with Crippen LogP contribution in [0.15, 0.2) is 41.0 Å². The molecule has 0 aliphatic carbocycles. The number of carbonyl (C=O) groups is 1. The minimum Gasteiger partial charge on any atom is -0.380 e. The van der Waals surface area contributed by atoms with Crippen molar-refractivity contribution >= 4 is 21.8 Å². The van der Waals surface area contributed by atoms with Crippen molar-refractivity contribution in [2.75, 3.05) is 7.11 Å². The van der Waals surface area contributed by atoms with Crippen LogP contribution in [0.3, 0.4) is 0 Å². The van der Waals surface area contributed by atoms with E-state index in [1.807, 2.05) is 24.3 Å². The third kappa shape index (κ3) is 3.68. The Bertz CT molecular complexity index is 566. The lowest BCUT2D eigenvalue weighted by atomic mass is 10.1. The number of aromatic amines is 1. The van der Waals surface area contributed by atoms with Crippen LogP contribution in [-0.4, -0.2) is 18.0 Å². The highest BCUT2D eigenvalue weighted by Crippen LogP contribution is 2.12. The van der Waals surface area contributed by atoms with Crippen LogP contribution >= 0.6 is 15.9 Å². The average molecular weight is 323 g/mol. The van der Waals surface area contributed by atoms with Crippen molar-refractivity contribution in [3.63, 3.8) is 0 Å². The quantitative estimate of drug-likeness (QED) is 0.889. The summed E-state index contributed by atoms with van der Waals surface area (Å²) in [5.74, 6) is -0.127. The zero-order valence-corrected chi connectivity index (χ0v) is 12.2. The Hall–Kier alpha value is -1.59. The zero-order valence-electron chi connectivity index (χ0n) is 10.6. The molecule has 2 aromatic rings. The third-order valence-electron chi connectivity index (χ3n) is 2.75. The molecule has 0 aliphatic rings. The summed E-state index contributed by atoms with van der Waals surface area (Å²) in [4.78, 5) is 14.8. The second-order valence-electron chi connectivity index (χ2n) is 4.12. The molecule has 0 aliphatic heterocycles.